The molecule has 0 bridgehead atoms. The van der Waals surface area contributed by atoms with Crippen molar-refractivity contribution in [2.45, 2.75) is 0 Å². The minimum absolute atomic E-state index is 0.0891. The number of hydrogen-bond acceptors (Lipinski definition) is 5. The fourth-order valence-electron chi connectivity index (χ4n) is 3.01. The van der Waals surface area contributed by atoms with E-state index in [1.165, 1.54) is 0 Å². The maximum Gasteiger partial charge on any atom is 0.321 e. The van der Waals surface area contributed by atoms with Crippen molar-refractivity contribution in [3.63, 3.8) is 0 Å². The number of nitrogens with zero attached hydrogens (tertiary/aromatic N) is 4. The zero-order chi connectivity index (χ0) is 19.4. The van der Waals surface area contributed by atoms with Crippen molar-refractivity contribution in [2.24, 2.45) is 12.8 Å². The first-order chi connectivity index (χ1) is 13.0. The second-order valence-corrected chi connectivity index (χ2v) is 7.39. The first kappa shape index (κ1) is 19.7. The van der Waals surface area contributed by atoms with Gasteiger partial charge in [0.05, 0.1) is 16.4 Å². The number of benzene rings is 1. The first-order valence-corrected chi connectivity index (χ1v) is 9.68. The molecule has 3 N–H and O–H groups in total. The maximum absolute atomic E-state index is 12.6. The lowest BCUT2D eigenvalue weighted by molar-refractivity contribution is 0.164. The molecule has 0 saturated carbocycles. The van der Waals surface area contributed by atoms with Gasteiger partial charge in [-0.1, -0.05) is 0 Å². The summed E-state index contributed by atoms with van der Waals surface area (Å²) in [7, 11) is 3.93. The molecule has 3 rings (SSSR count). The Morgan fingerprint density at radius 2 is 2.04 bits per heavy atom. The number of piperazine rings is 1. The Morgan fingerprint density at radius 1 is 1.30 bits per heavy atom. The predicted molar refractivity (Wildman–Crippen MR) is 109 cm³/mol. The van der Waals surface area contributed by atoms with Crippen molar-refractivity contribution in [2.75, 3.05) is 51.7 Å². The second kappa shape index (κ2) is 8.73. The number of amides is 2. The number of nitrogens with one attached hydrogen (secondary N) is 1. The highest BCUT2D eigenvalue weighted by Crippen LogP contribution is 2.36. The number of carbonyl (C=O) groups excluding carboxylic acids is 1. The third-order valence-corrected chi connectivity index (χ3v) is 5.13. The Labute approximate surface area is 167 Å². The lowest BCUT2D eigenvalue weighted by Gasteiger charge is -2.32. The van der Waals surface area contributed by atoms with Crippen LogP contribution in [0.1, 0.15) is 0 Å². The SMILES string of the molecule is CN1CCN(C(=O)Nc2ccc(OCCN)c(-c3c(Br)cnn3C)c2)CC1. The Morgan fingerprint density at radius 3 is 2.67 bits per heavy atom. The van der Waals surface area contributed by atoms with Crippen LogP contribution in [-0.2, 0) is 7.05 Å². The molecule has 1 saturated heterocycles. The van der Waals surface area contributed by atoms with Gasteiger partial charge >= 0.3 is 6.03 Å². The van der Waals surface area contributed by atoms with Crippen LogP contribution in [0, 0.1) is 0 Å². The molecule has 8 nitrogen and oxygen atoms in total. The molecule has 146 valence electrons. The fourth-order valence-corrected chi connectivity index (χ4v) is 3.58. The molecule has 9 heteroatoms. The molecule has 2 heterocycles. The summed E-state index contributed by atoms with van der Waals surface area (Å²) in [6.07, 6.45) is 1.73. The Hall–Kier alpha value is -2.10. The van der Waals surface area contributed by atoms with Crippen LogP contribution in [-0.4, -0.2) is 72.0 Å². The number of nitrogens with two attached hydrogens (primary N) is 1. The van der Waals surface area contributed by atoms with Crippen LogP contribution in [0.3, 0.4) is 0 Å². The van der Waals surface area contributed by atoms with Gasteiger partial charge in [-0.3, -0.25) is 4.68 Å². The van der Waals surface area contributed by atoms with E-state index < -0.39 is 0 Å². The smallest absolute Gasteiger partial charge is 0.321 e. The van der Waals surface area contributed by atoms with Crippen LogP contribution in [0.4, 0.5) is 10.5 Å². The fraction of sp³-hybridized carbons (Fsp3) is 0.444. The van der Waals surface area contributed by atoms with Crippen molar-refractivity contribution in [3.8, 4) is 17.0 Å². The lowest BCUT2D eigenvalue weighted by Crippen LogP contribution is -2.48. The summed E-state index contributed by atoms with van der Waals surface area (Å²) in [6.45, 7) is 4.04. The van der Waals surface area contributed by atoms with E-state index in [4.69, 9.17) is 10.5 Å². The van der Waals surface area contributed by atoms with E-state index in [9.17, 15) is 4.79 Å². The zero-order valence-corrected chi connectivity index (χ0v) is 17.2. The number of aromatic nitrogens is 2. The number of likely N-dealkylation sites (N-methyl/N-ethyl adjacent to an activating group) is 1. The summed E-state index contributed by atoms with van der Waals surface area (Å²) >= 11 is 3.54. The largest absolute Gasteiger partial charge is 0.492 e. The van der Waals surface area contributed by atoms with E-state index in [-0.39, 0.29) is 6.03 Å². The van der Waals surface area contributed by atoms with Crippen molar-refractivity contribution in [1.82, 2.24) is 19.6 Å². The highest BCUT2D eigenvalue weighted by Gasteiger charge is 2.20. The normalized spacial score (nSPS) is 15.0. The van der Waals surface area contributed by atoms with E-state index in [1.54, 1.807) is 10.9 Å². The van der Waals surface area contributed by atoms with Gasteiger partial charge < -0.3 is 25.6 Å². The molecule has 2 amide bonds. The van der Waals surface area contributed by atoms with E-state index >= 15 is 0 Å². The number of rotatable bonds is 5. The van der Waals surface area contributed by atoms with Crippen molar-refractivity contribution >= 4 is 27.6 Å². The van der Waals surface area contributed by atoms with Gasteiger partial charge in [0.1, 0.15) is 12.4 Å². The summed E-state index contributed by atoms with van der Waals surface area (Å²) in [4.78, 5) is 16.6. The van der Waals surface area contributed by atoms with Gasteiger partial charge in [-0.25, -0.2) is 4.79 Å². The van der Waals surface area contributed by atoms with Crippen LogP contribution in [0.5, 0.6) is 5.75 Å². The Bertz CT molecular complexity index is 782. The van der Waals surface area contributed by atoms with Crippen molar-refractivity contribution < 1.29 is 9.53 Å². The Kier molecular flexibility index (Phi) is 6.35. The molecule has 0 spiro atoms. The van der Waals surface area contributed by atoms with Crippen LogP contribution >= 0.6 is 15.9 Å². The van der Waals surface area contributed by atoms with Crippen LogP contribution in [0.2, 0.25) is 0 Å². The highest BCUT2D eigenvalue weighted by atomic mass is 79.9. The summed E-state index contributed by atoms with van der Waals surface area (Å²) in [6, 6.07) is 5.51. The summed E-state index contributed by atoms with van der Waals surface area (Å²) in [5.74, 6) is 0.697. The molecule has 1 aromatic heterocycles. The molecular formula is C18H25BrN6O2. The van der Waals surface area contributed by atoms with Crippen molar-refractivity contribution in [3.05, 3.63) is 28.9 Å². The van der Waals surface area contributed by atoms with E-state index in [0.717, 1.165) is 41.9 Å². The summed E-state index contributed by atoms with van der Waals surface area (Å²) in [5.41, 5.74) is 8.00. The molecule has 0 unspecified atom stereocenters. The van der Waals surface area contributed by atoms with Gasteiger partial charge in [0, 0.05) is 51.0 Å². The third kappa shape index (κ3) is 4.60. The van der Waals surface area contributed by atoms with E-state index in [2.05, 4.69) is 38.3 Å². The molecule has 0 radical (unpaired) electrons. The molecule has 1 aliphatic rings. The van der Waals surface area contributed by atoms with Crippen molar-refractivity contribution in [1.29, 1.82) is 0 Å². The van der Waals surface area contributed by atoms with Crippen LogP contribution < -0.4 is 15.8 Å². The van der Waals surface area contributed by atoms with Gasteiger partial charge in [-0.15, -0.1) is 0 Å². The predicted octanol–water partition coefficient (Wildman–Crippen LogP) is 1.97. The molecule has 0 atom stereocenters. The Balaban J connectivity index is 1.84. The minimum atomic E-state index is -0.0891. The summed E-state index contributed by atoms with van der Waals surface area (Å²) < 4.78 is 8.41. The van der Waals surface area contributed by atoms with Gasteiger partial charge in [0.25, 0.3) is 0 Å². The molecule has 2 aromatic rings. The molecule has 1 aliphatic heterocycles. The standard InChI is InChI=1S/C18H25BrN6O2/c1-23-6-8-25(9-7-23)18(26)22-13-3-4-16(27-10-5-20)14(11-13)17-15(19)12-21-24(17)2/h3-4,11-12H,5-10,20H2,1-2H3,(H,22,26). The van der Waals surface area contributed by atoms with Gasteiger partial charge in [-0.2, -0.15) is 5.10 Å². The third-order valence-electron chi connectivity index (χ3n) is 4.55. The average Bonchev–Trinajstić information content (AvgIpc) is 2.99. The second-order valence-electron chi connectivity index (χ2n) is 6.53. The molecule has 1 fully saturated rings. The average molecular weight is 437 g/mol. The highest BCUT2D eigenvalue weighted by molar-refractivity contribution is 9.10. The monoisotopic (exact) mass is 436 g/mol. The molecular weight excluding hydrogens is 412 g/mol. The number of ether oxygens (including phenoxy) is 1. The number of aryl methyl sites for hydroxylation is 1. The number of hydrogen-bond donors (Lipinski definition) is 2. The first-order valence-electron chi connectivity index (χ1n) is 8.89. The summed E-state index contributed by atoms with van der Waals surface area (Å²) in [5, 5.41) is 7.27. The number of halogens is 1. The molecule has 27 heavy (non-hydrogen) atoms. The van der Waals surface area contributed by atoms with Gasteiger partial charge in [-0.05, 0) is 41.2 Å². The number of urea groups is 1. The number of anilines is 1. The quantitative estimate of drug-likeness (QED) is 0.747. The van der Waals surface area contributed by atoms with Crippen LogP contribution in [0.15, 0.2) is 28.9 Å². The van der Waals surface area contributed by atoms with E-state index in [0.29, 0.717) is 24.6 Å². The maximum atomic E-state index is 12.6. The zero-order valence-electron chi connectivity index (χ0n) is 15.6. The van der Waals surface area contributed by atoms with Gasteiger partial charge in [0.15, 0.2) is 0 Å². The topological polar surface area (TPSA) is 88.7 Å². The van der Waals surface area contributed by atoms with Gasteiger partial charge in [0.2, 0.25) is 0 Å². The lowest BCUT2D eigenvalue weighted by atomic mass is 10.1. The van der Waals surface area contributed by atoms with E-state index in [1.807, 2.05) is 30.1 Å². The molecule has 0 aliphatic carbocycles. The van der Waals surface area contributed by atoms with Crippen LogP contribution in [0.25, 0.3) is 11.3 Å². The number of carbonyl (C=O) groups is 1. The minimum Gasteiger partial charge on any atom is -0.492 e. The molecule has 1 aromatic carbocycles.